The number of nitrogens with one attached hydrogen (secondary N) is 1. The standard InChI is InChI=1S/C24H33NO6/c1-25-22(26)8-7-14-5-6-16-12-20-15(11-19(14)16)3-2-4-21(20)30-13-23(27)31-18-9-17(10-18)24(28)29/h2-4,14,16-19,22,25-26H,5-13H2,1H3,(H,28,29). The molecule has 0 radical (unpaired) electrons. The van der Waals surface area contributed by atoms with E-state index in [1.807, 2.05) is 12.1 Å². The highest BCUT2D eigenvalue weighted by molar-refractivity contribution is 5.73. The lowest BCUT2D eigenvalue weighted by atomic mass is 9.73. The molecule has 4 atom stereocenters. The van der Waals surface area contributed by atoms with Crippen LogP contribution in [-0.4, -0.2) is 48.1 Å². The molecule has 0 aliphatic heterocycles. The number of esters is 1. The molecule has 0 amide bonds. The van der Waals surface area contributed by atoms with Crippen LogP contribution in [0.2, 0.25) is 0 Å². The fraction of sp³-hybridized carbons (Fsp3) is 0.667. The van der Waals surface area contributed by atoms with Crippen molar-refractivity contribution in [3.63, 3.8) is 0 Å². The number of fused-ring (bicyclic) bond motifs is 2. The molecule has 4 rings (SSSR count). The maximum atomic E-state index is 12.1. The summed E-state index contributed by atoms with van der Waals surface area (Å²) in [5, 5.41) is 21.7. The van der Waals surface area contributed by atoms with Gasteiger partial charge in [0.2, 0.25) is 0 Å². The van der Waals surface area contributed by atoms with E-state index in [0.29, 0.717) is 30.6 Å². The molecule has 0 aromatic heterocycles. The number of carbonyl (C=O) groups is 2. The van der Waals surface area contributed by atoms with Crippen molar-refractivity contribution in [1.29, 1.82) is 0 Å². The third-order valence-corrected chi connectivity index (χ3v) is 7.50. The van der Waals surface area contributed by atoms with Gasteiger partial charge in [-0.05, 0) is 93.4 Å². The first-order valence-corrected chi connectivity index (χ1v) is 11.5. The van der Waals surface area contributed by atoms with Crippen molar-refractivity contribution in [1.82, 2.24) is 5.32 Å². The van der Waals surface area contributed by atoms with E-state index >= 15 is 0 Å². The Labute approximate surface area is 183 Å². The number of benzene rings is 1. The zero-order valence-corrected chi connectivity index (χ0v) is 18.1. The average Bonchev–Trinajstić information content (AvgIpc) is 3.12. The van der Waals surface area contributed by atoms with Gasteiger partial charge in [0.05, 0.1) is 5.92 Å². The lowest BCUT2D eigenvalue weighted by Crippen LogP contribution is -2.38. The number of rotatable bonds is 9. The minimum Gasteiger partial charge on any atom is -0.482 e. The number of aliphatic hydroxyl groups is 1. The Bertz CT molecular complexity index is 805. The van der Waals surface area contributed by atoms with Gasteiger partial charge in [0.25, 0.3) is 0 Å². The largest absolute Gasteiger partial charge is 0.482 e. The fourth-order valence-corrected chi connectivity index (χ4v) is 5.61. The summed E-state index contributed by atoms with van der Waals surface area (Å²) in [6.45, 7) is -0.149. The normalized spacial score (nSPS) is 29.9. The van der Waals surface area contributed by atoms with Gasteiger partial charge >= 0.3 is 11.9 Å². The molecule has 7 nitrogen and oxygen atoms in total. The van der Waals surface area contributed by atoms with Crippen molar-refractivity contribution in [2.75, 3.05) is 13.7 Å². The Morgan fingerprint density at radius 2 is 2.03 bits per heavy atom. The fourth-order valence-electron chi connectivity index (χ4n) is 5.61. The van der Waals surface area contributed by atoms with Gasteiger partial charge in [-0.2, -0.15) is 0 Å². The van der Waals surface area contributed by atoms with Crippen LogP contribution in [0.15, 0.2) is 18.2 Å². The molecule has 31 heavy (non-hydrogen) atoms. The molecular formula is C24H33NO6. The van der Waals surface area contributed by atoms with Gasteiger partial charge in [-0.25, -0.2) is 4.79 Å². The lowest BCUT2D eigenvalue weighted by Gasteiger charge is -2.33. The second-order valence-electron chi connectivity index (χ2n) is 9.35. The molecule has 0 bridgehead atoms. The Morgan fingerprint density at radius 3 is 2.77 bits per heavy atom. The molecule has 1 aromatic rings. The molecule has 170 valence electrons. The van der Waals surface area contributed by atoms with E-state index < -0.39 is 24.1 Å². The van der Waals surface area contributed by atoms with Gasteiger partial charge in [-0.15, -0.1) is 0 Å². The summed E-state index contributed by atoms with van der Waals surface area (Å²) in [6.07, 6.45) is 6.29. The summed E-state index contributed by atoms with van der Waals surface area (Å²) in [5.41, 5.74) is 2.51. The molecule has 3 N–H and O–H groups in total. The van der Waals surface area contributed by atoms with E-state index in [2.05, 4.69) is 11.4 Å². The second kappa shape index (κ2) is 9.57. The molecule has 3 aliphatic carbocycles. The average molecular weight is 432 g/mol. The monoisotopic (exact) mass is 431 g/mol. The van der Waals surface area contributed by atoms with Crippen LogP contribution in [0.5, 0.6) is 5.75 Å². The zero-order chi connectivity index (χ0) is 22.0. The zero-order valence-electron chi connectivity index (χ0n) is 18.1. The van der Waals surface area contributed by atoms with Gasteiger partial charge in [0, 0.05) is 0 Å². The van der Waals surface area contributed by atoms with E-state index in [1.54, 1.807) is 7.05 Å². The maximum absolute atomic E-state index is 12.1. The Hall–Kier alpha value is -2.12. The SMILES string of the molecule is CNC(O)CCC1CCC2Cc3c(cccc3OCC(=O)OC3CC(C(=O)O)C3)CC12. The number of carbonyl (C=O) groups excluding carboxylic acids is 1. The Morgan fingerprint density at radius 1 is 1.23 bits per heavy atom. The first kappa shape index (κ1) is 22.1. The topological polar surface area (TPSA) is 105 Å². The van der Waals surface area contributed by atoms with Crippen LogP contribution in [0, 0.1) is 23.7 Å². The van der Waals surface area contributed by atoms with Crippen LogP contribution < -0.4 is 10.1 Å². The summed E-state index contributed by atoms with van der Waals surface area (Å²) in [7, 11) is 1.79. The summed E-state index contributed by atoms with van der Waals surface area (Å²) in [5.74, 6) is 1.03. The number of aliphatic carboxylic acids is 1. The van der Waals surface area contributed by atoms with Gasteiger partial charge < -0.3 is 19.7 Å². The number of hydrogen-bond acceptors (Lipinski definition) is 6. The van der Waals surface area contributed by atoms with Crippen molar-refractivity contribution in [2.24, 2.45) is 23.7 Å². The maximum Gasteiger partial charge on any atom is 0.344 e. The predicted octanol–water partition coefficient (Wildman–Crippen LogP) is 2.53. The molecule has 0 spiro atoms. The van der Waals surface area contributed by atoms with Crippen LogP contribution in [0.4, 0.5) is 0 Å². The van der Waals surface area contributed by atoms with Crippen molar-refractivity contribution in [3.05, 3.63) is 29.3 Å². The number of hydrogen-bond donors (Lipinski definition) is 3. The summed E-state index contributed by atoms with van der Waals surface area (Å²) < 4.78 is 11.2. The summed E-state index contributed by atoms with van der Waals surface area (Å²) in [6, 6.07) is 6.07. The Balaban J connectivity index is 1.31. The minimum atomic E-state index is -0.829. The molecule has 0 heterocycles. The molecule has 7 heteroatoms. The van der Waals surface area contributed by atoms with Crippen molar-refractivity contribution < 1.29 is 29.3 Å². The molecular weight excluding hydrogens is 398 g/mol. The van der Waals surface area contributed by atoms with Crippen LogP contribution >= 0.6 is 0 Å². The third-order valence-electron chi connectivity index (χ3n) is 7.50. The highest BCUT2D eigenvalue weighted by Crippen LogP contribution is 2.48. The van der Waals surface area contributed by atoms with Crippen molar-refractivity contribution in [2.45, 2.75) is 63.7 Å². The smallest absolute Gasteiger partial charge is 0.344 e. The highest BCUT2D eigenvalue weighted by atomic mass is 16.6. The third kappa shape index (κ3) is 5.04. The van der Waals surface area contributed by atoms with Gasteiger partial charge in [-0.1, -0.05) is 12.1 Å². The van der Waals surface area contributed by atoms with Crippen LogP contribution in [0.3, 0.4) is 0 Å². The first-order chi connectivity index (χ1) is 14.9. The van der Waals surface area contributed by atoms with E-state index in [-0.39, 0.29) is 12.7 Å². The summed E-state index contributed by atoms with van der Waals surface area (Å²) in [4.78, 5) is 23.0. The number of aliphatic hydroxyl groups excluding tert-OH is 1. The molecule has 0 saturated heterocycles. The quantitative estimate of drug-likeness (QED) is 0.408. The van der Waals surface area contributed by atoms with Gasteiger partial charge in [0.1, 0.15) is 18.1 Å². The van der Waals surface area contributed by atoms with Crippen LogP contribution in [0.25, 0.3) is 0 Å². The molecule has 4 unspecified atom stereocenters. The lowest BCUT2D eigenvalue weighted by molar-refractivity contribution is -0.165. The Kier molecular flexibility index (Phi) is 6.82. The van der Waals surface area contributed by atoms with Crippen LogP contribution in [-0.2, 0) is 27.2 Å². The highest BCUT2D eigenvalue weighted by Gasteiger charge is 2.40. The van der Waals surface area contributed by atoms with Crippen molar-refractivity contribution in [3.8, 4) is 5.75 Å². The summed E-state index contributed by atoms with van der Waals surface area (Å²) >= 11 is 0. The van der Waals surface area contributed by atoms with Gasteiger partial charge in [-0.3, -0.25) is 10.1 Å². The van der Waals surface area contributed by atoms with E-state index in [1.165, 1.54) is 24.0 Å². The van der Waals surface area contributed by atoms with E-state index in [0.717, 1.165) is 31.4 Å². The van der Waals surface area contributed by atoms with Crippen molar-refractivity contribution >= 4 is 11.9 Å². The number of carboxylic acids is 1. The van der Waals surface area contributed by atoms with Gasteiger partial charge in [0.15, 0.2) is 6.61 Å². The van der Waals surface area contributed by atoms with Crippen LogP contribution in [0.1, 0.15) is 49.7 Å². The molecule has 2 saturated carbocycles. The van der Waals surface area contributed by atoms with E-state index in [9.17, 15) is 14.7 Å². The molecule has 3 aliphatic rings. The predicted molar refractivity (Wildman–Crippen MR) is 114 cm³/mol. The number of ether oxygens (including phenoxy) is 2. The molecule has 2 fully saturated rings. The molecule has 1 aromatic carbocycles. The second-order valence-corrected chi connectivity index (χ2v) is 9.35. The number of carboxylic acid groups (broad SMARTS) is 1. The van der Waals surface area contributed by atoms with E-state index in [4.69, 9.17) is 14.6 Å². The first-order valence-electron chi connectivity index (χ1n) is 11.5. The minimum absolute atomic E-state index is 0.149.